The number of benzene rings is 2. The molecule has 0 radical (unpaired) electrons. The summed E-state index contributed by atoms with van der Waals surface area (Å²) in [7, 11) is 0. The standard InChI is InChI=1S/C17H14BrClO/c18-16-10-14(19)7-8-15(16)17(20)13-6-5-11-3-1-2-4-12(11)9-13/h1-4,7-8,10,13H,5-6,9H2. The predicted octanol–water partition coefficient (Wildman–Crippen LogP) is 5.09. The van der Waals surface area contributed by atoms with Crippen molar-refractivity contribution in [3.63, 3.8) is 0 Å². The highest BCUT2D eigenvalue weighted by atomic mass is 79.9. The Kier molecular flexibility index (Phi) is 3.95. The van der Waals surface area contributed by atoms with Crippen LogP contribution in [0.3, 0.4) is 0 Å². The molecule has 102 valence electrons. The van der Waals surface area contributed by atoms with Crippen LogP contribution in [0.25, 0.3) is 0 Å². The van der Waals surface area contributed by atoms with Gasteiger partial charge >= 0.3 is 0 Å². The molecule has 2 aromatic carbocycles. The zero-order valence-corrected chi connectivity index (χ0v) is 13.2. The summed E-state index contributed by atoms with van der Waals surface area (Å²) >= 11 is 9.37. The zero-order valence-electron chi connectivity index (χ0n) is 10.9. The van der Waals surface area contributed by atoms with Gasteiger partial charge in [-0.15, -0.1) is 0 Å². The minimum Gasteiger partial charge on any atom is -0.294 e. The largest absolute Gasteiger partial charge is 0.294 e. The average molecular weight is 350 g/mol. The Balaban J connectivity index is 1.86. The minimum absolute atomic E-state index is 0.0716. The van der Waals surface area contributed by atoms with Gasteiger partial charge in [0.15, 0.2) is 5.78 Å². The number of halogens is 2. The van der Waals surface area contributed by atoms with Gasteiger partial charge in [-0.05, 0) is 64.5 Å². The van der Waals surface area contributed by atoms with Gasteiger partial charge in [0.05, 0.1) is 0 Å². The molecule has 0 bridgehead atoms. The van der Waals surface area contributed by atoms with Crippen molar-refractivity contribution in [2.75, 3.05) is 0 Å². The lowest BCUT2D eigenvalue weighted by Crippen LogP contribution is -2.23. The summed E-state index contributed by atoms with van der Waals surface area (Å²) in [6.07, 6.45) is 2.74. The second kappa shape index (κ2) is 5.71. The highest BCUT2D eigenvalue weighted by molar-refractivity contribution is 9.10. The van der Waals surface area contributed by atoms with Crippen LogP contribution >= 0.6 is 27.5 Å². The Hall–Kier alpha value is -1.12. The summed E-state index contributed by atoms with van der Waals surface area (Å²) in [5.41, 5.74) is 3.42. The van der Waals surface area contributed by atoms with E-state index in [0.717, 1.165) is 29.3 Å². The SMILES string of the molecule is O=C(c1ccc(Cl)cc1Br)C1CCc2ccccc2C1. The summed E-state index contributed by atoms with van der Waals surface area (Å²) < 4.78 is 0.786. The molecular formula is C17H14BrClO. The van der Waals surface area contributed by atoms with Gasteiger partial charge in [0, 0.05) is 21.0 Å². The molecule has 0 saturated heterocycles. The van der Waals surface area contributed by atoms with Crippen molar-refractivity contribution >= 4 is 33.3 Å². The number of carbonyl (C=O) groups is 1. The molecule has 0 aromatic heterocycles. The van der Waals surface area contributed by atoms with E-state index >= 15 is 0 Å². The van der Waals surface area contributed by atoms with Crippen LogP contribution in [0.15, 0.2) is 46.9 Å². The summed E-state index contributed by atoms with van der Waals surface area (Å²) in [5, 5.41) is 0.641. The Bertz CT molecular complexity index is 666. The number of ketones is 1. The van der Waals surface area contributed by atoms with Crippen molar-refractivity contribution in [2.45, 2.75) is 19.3 Å². The minimum atomic E-state index is 0.0716. The summed E-state index contributed by atoms with van der Waals surface area (Å²) in [4.78, 5) is 12.7. The number of hydrogen-bond donors (Lipinski definition) is 0. The van der Waals surface area contributed by atoms with E-state index in [4.69, 9.17) is 11.6 Å². The molecule has 0 heterocycles. The number of carbonyl (C=O) groups excluding carboxylic acids is 1. The zero-order chi connectivity index (χ0) is 14.1. The highest BCUT2D eigenvalue weighted by Crippen LogP contribution is 2.30. The van der Waals surface area contributed by atoms with Crippen LogP contribution < -0.4 is 0 Å². The number of fused-ring (bicyclic) bond motifs is 1. The molecule has 3 rings (SSSR count). The van der Waals surface area contributed by atoms with Crippen molar-refractivity contribution in [3.8, 4) is 0 Å². The molecule has 20 heavy (non-hydrogen) atoms. The average Bonchev–Trinajstić information content (AvgIpc) is 2.46. The molecule has 1 aliphatic carbocycles. The molecule has 0 amide bonds. The molecule has 1 aliphatic rings. The normalized spacial score (nSPS) is 17.6. The van der Waals surface area contributed by atoms with Crippen LogP contribution in [0.5, 0.6) is 0 Å². The van der Waals surface area contributed by atoms with Gasteiger partial charge in [-0.2, -0.15) is 0 Å². The lowest BCUT2D eigenvalue weighted by Gasteiger charge is -2.23. The van der Waals surface area contributed by atoms with Gasteiger partial charge in [0.1, 0.15) is 0 Å². The fourth-order valence-corrected chi connectivity index (χ4v) is 3.71. The Morgan fingerprint density at radius 1 is 1.15 bits per heavy atom. The van der Waals surface area contributed by atoms with E-state index in [1.807, 2.05) is 12.1 Å². The topological polar surface area (TPSA) is 17.1 Å². The maximum absolute atomic E-state index is 12.7. The smallest absolute Gasteiger partial charge is 0.167 e. The van der Waals surface area contributed by atoms with Crippen molar-refractivity contribution in [1.82, 2.24) is 0 Å². The first-order valence-electron chi connectivity index (χ1n) is 6.71. The molecule has 3 heteroatoms. The first kappa shape index (κ1) is 13.8. The molecule has 1 atom stereocenters. The van der Waals surface area contributed by atoms with Gasteiger partial charge in [0.25, 0.3) is 0 Å². The lowest BCUT2D eigenvalue weighted by molar-refractivity contribution is 0.0908. The maximum Gasteiger partial charge on any atom is 0.167 e. The fraction of sp³-hybridized carbons (Fsp3) is 0.235. The Morgan fingerprint density at radius 3 is 2.65 bits per heavy atom. The summed E-state index contributed by atoms with van der Waals surface area (Å²) in [6, 6.07) is 13.8. The Morgan fingerprint density at radius 2 is 1.90 bits per heavy atom. The van der Waals surface area contributed by atoms with Crippen LogP contribution in [-0.2, 0) is 12.8 Å². The van der Waals surface area contributed by atoms with E-state index in [-0.39, 0.29) is 11.7 Å². The van der Waals surface area contributed by atoms with Crippen LogP contribution in [0.1, 0.15) is 27.9 Å². The third-order valence-corrected chi connectivity index (χ3v) is 4.81. The molecule has 0 aliphatic heterocycles. The van der Waals surface area contributed by atoms with Crippen molar-refractivity contribution in [2.24, 2.45) is 5.92 Å². The molecule has 2 aromatic rings. The fourth-order valence-electron chi connectivity index (χ4n) is 2.83. The third kappa shape index (κ3) is 2.68. The molecule has 0 spiro atoms. The first-order chi connectivity index (χ1) is 9.65. The molecule has 1 nitrogen and oxygen atoms in total. The second-order valence-corrected chi connectivity index (χ2v) is 6.49. The van der Waals surface area contributed by atoms with Crippen LogP contribution in [-0.4, -0.2) is 5.78 Å². The summed E-state index contributed by atoms with van der Waals surface area (Å²) in [6.45, 7) is 0. The Labute approximate surface area is 132 Å². The van der Waals surface area contributed by atoms with E-state index in [1.54, 1.807) is 12.1 Å². The highest BCUT2D eigenvalue weighted by Gasteiger charge is 2.26. The van der Waals surface area contributed by atoms with E-state index in [2.05, 4.69) is 34.1 Å². The summed E-state index contributed by atoms with van der Waals surface area (Å²) in [5.74, 6) is 0.283. The molecule has 1 unspecified atom stereocenters. The van der Waals surface area contributed by atoms with Gasteiger partial charge in [-0.25, -0.2) is 0 Å². The monoisotopic (exact) mass is 348 g/mol. The van der Waals surface area contributed by atoms with E-state index in [9.17, 15) is 4.79 Å². The number of Topliss-reactive ketones (excluding diaryl/α,β-unsaturated/α-hetero) is 1. The van der Waals surface area contributed by atoms with Gasteiger partial charge in [-0.1, -0.05) is 35.9 Å². The first-order valence-corrected chi connectivity index (χ1v) is 7.88. The van der Waals surface area contributed by atoms with Crippen LogP contribution in [0.4, 0.5) is 0 Å². The van der Waals surface area contributed by atoms with Gasteiger partial charge in [0.2, 0.25) is 0 Å². The van der Waals surface area contributed by atoms with Crippen LogP contribution in [0.2, 0.25) is 5.02 Å². The predicted molar refractivity (Wildman–Crippen MR) is 85.4 cm³/mol. The van der Waals surface area contributed by atoms with Crippen LogP contribution in [0, 0.1) is 5.92 Å². The molecule has 0 N–H and O–H groups in total. The quantitative estimate of drug-likeness (QED) is 0.690. The van der Waals surface area contributed by atoms with E-state index in [0.29, 0.717) is 5.02 Å². The maximum atomic E-state index is 12.7. The third-order valence-electron chi connectivity index (χ3n) is 3.91. The van der Waals surface area contributed by atoms with E-state index < -0.39 is 0 Å². The lowest BCUT2D eigenvalue weighted by atomic mass is 9.80. The number of aryl methyl sites for hydroxylation is 1. The van der Waals surface area contributed by atoms with E-state index in [1.165, 1.54) is 11.1 Å². The molecule has 0 saturated carbocycles. The van der Waals surface area contributed by atoms with Gasteiger partial charge in [-0.3, -0.25) is 4.79 Å². The number of rotatable bonds is 2. The van der Waals surface area contributed by atoms with Crippen molar-refractivity contribution in [3.05, 3.63) is 68.7 Å². The van der Waals surface area contributed by atoms with Gasteiger partial charge < -0.3 is 0 Å². The second-order valence-electron chi connectivity index (χ2n) is 5.20. The van der Waals surface area contributed by atoms with Crippen molar-refractivity contribution < 1.29 is 4.79 Å². The molecular weight excluding hydrogens is 336 g/mol. The van der Waals surface area contributed by atoms with Crippen molar-refractivity contribution in [1.29, 1.82) is 0 Å². The number of hydrogen-bond acceptors (Lipinski definition) is 1. The molecule has 0 fully saturated rings.